The standard InChI is InChI=1S/C21H18FN5O2/c22-18-12-16(6-9-19(18)27-14-23-13-24-27)25-20(28)10-5-15-3-7-17(8-4-15)26-11-1-2-21(26)29/h3-10,12-14H,1-2,11H2,(H,25,28)/b10-5+. The van der Waals surface area contributed by atoms with Gasteiger partial charge >= 0.3 is 0 Å². The van der Waals surface area contributed by atoms with Gasteiger partial charge in [-0.2, -0.15) is 5.10 Å². The number of hydrogen-bond acceptors (Lipinski definition) is 4. The second-order valence-corrected chi connectivity index (χ2v) is 6.57. The fraction of sp³-hybridized carbons (Fsp3) is 0.143. The normalized spacial score (nSPS) is 14.0. The maximum atomic E-state index is 14.2. The molecule has 1 saturated heterocycles. The Labute approximate surface area is 166 Å². The van der Waals surface area contributed by atoms with E-state index in [2.05, 4.69) is 15.4 Å². The summed E-state index contributed by atoms with van der Waals surface area (Å²) in [6.07, 6.45) is 7.20. The van der Waals surface area contributed by atoms with Crippen LogP contribution in [0.5, 0.6) is 0 Å². The lowest BCUT2D eigenvalue weighted by Gasteiger charge is -2.15. The summed E-state index contributed by atoms with van der Waals surface area (Å²) in [5.41, 5.74) is 2.26. The lowest BCUT2D eigenvalue weighted by molar-refractivity contribution is -0.117. The number of aromatic nitrogens is 3. The van der Waals surface area contributed by atoms with E-state index < -0.39 is 5.82 Å². The first-order valence-corrected chi connectivity index (χ1v) is 9.14. The third kappa shape index (κ3) is 4.21. The predicted octanol–water partition coefficient (Wildman–Crippen LogP) is 3.19. The van der Waals surface area contributed by atoms with Crippen molar-refractivity contribution < 1.29 is 14.0 Å². The molecule has 0 bridgehead atoms. The molecule has 0 atom stereocenters. The van der Waals surface area contributed by atoms with Gasteiger partial charge in [-0.25, -0.2) is 14.1 Å². The highest BCUT2D eigenvalue weighted by molar-refractivity contribution is 6.02. The first-order valence-electron chi connectivity index (χ1n) is 9.14. The predicted molar refractivity (Wildman–Crippen MR) is 107 cm³/mol. The van der Waals surface area contributed by atoms with Gasteiger partial charge in [0.15, 0.2) is 5.82 Å². The Bertz CT molecular complexity index is 1060. The minimum absolute atomic E-state index is 0.134. The molecule has 1 aromatic heterocycles. The molecule has 1 fully saturated rings. The van der Waals surface area contributed by atoms with Crippen LogP contribution >= 0.6 is 0 Å². The molecule has 0 spiro atoms. The van der Waals surface area contributed by atoms with Crippen molar-refractivity contribution >= 4 is 29.3 Å². The molecule has 1 aliphatic heterocycles. The van der Waals surface area contributed by atoms with Crippen molar-refractivity contribution in [3.8, 4) is 5.69 Å². The van der Waals surface area contributed by atoms with Crippen LogP contribution in [-0.4, -0.2) is 33.1 Å². The van der Waals surface area contributed by atoms with E-state index in [1.807, 2.05) is 24.3 Å². The summed E-state index contributed by atoms with van der Waals surface area (Å²) in [7, 11) is 0. The Balaban J connectivity index is 1.38. The van der Waals surface area contributed by atoms with Crippen LogP contribution in [-0.2, 0) is 9.59 Å². The molecule has 0 unspecified atom stereocenters. The summed E-state index contributed by atoms with van der Waals surface area (Å²) in [6, 6.07) is 11.7. The number of amides is 2. The summed E-state index contributed by atoms with van der Waals surface area (Å²) in [5.74, 6) is -0.768. The van der Waals surface area contributed by atoms with Crippen LogP contribution in [0.3, 0.4) is 0 Å². The van der Waals surface area contributed by atoms with Gasteiger partial charge in [-0.05, 0) is 48.4 Å². The Hall–Kier alpha value is -3.81. The molecule has 4 rings (SSSR count). The number of benzene rings is 2. The van der Waals surface area contributed by atoms with Gasteiger partial charge in [0.05, 0.1) is 0 Å². The third-order valence-electron chi connectivity index (χ3n) is 4.59. The maximum absolute atomic E-state index is 14.2. The Morgan fingerprint density at radius 1 is 1.17 bits per heavy atom. The van der Waals surface area contributed by atoms with E-state index in [-0.39, 0.29) is 17.5 Å². The molecule has 3 aromatic rings. The van der Waals surface area contributed by atoms with Crippen molar-refractivity contribution in [1.82, 2.24) is 14.8 Å². The minimum Gasteiger partial charge on any atom is -0.322 e. The second-order valence-electron chi connectivity index (χ2n) is 6.57. The van der Waals surface area contributed by atoms with Gasteiger partial charge in [0.25, 0.3) is 0 Å². The van der Waals surface area contributed by atoms with E-state index in [0.29, 0.717) is 12.1 Å². The SMILES string of the molecule is O=C(/C=C/c1ccc(N2CCCC2=O)cc1)Nc1ccc(-n2cncn2)c(F)c1. The molecule has 1 aliphatic rings. The fourth-order valence-electron chi connectivity index (χ4n) is 3.15. The highest BCUT2D eigenvalue weighted by atomic mass is 19.1. The molecule has 0 radical (unpaired) electrons. The van der Waals surface area contributed by atoms with Crippen LogP contribution in [0.4, 0.5) is 15.8 Å². The number of halogens is 1. The van der Waals surface area contributed by atoms with Gasteiger partial charge in [0.1, 0.15) is 18.3 Å². The van der Waals surface area contributed by atoms with Crippen molar-refractivity contribution in [1.29, 1.82) is 0 Å². The van der Waals surface area contributed by atoms with Crippen LogP contribution in [0.1, 0.15) is 18.4 Å². The Kier molecular flexibility index (Phi) is 5.15. The van der Waals surface area contributed by atoms with E-state index in [0.717, 1.165) is 24.2 Å². The fourth-order valence-corrected chi connectivity index (χ4v) is 3.15. The van der Waals surface area contributed by atoms with Crippen molar-refractivity contribution in [3.63, 3.8) is 0 Å². The molecule has 7 nitrogen and oxygen atoms in total. The molecular formula is C21H18FN5O2. The molecular weight excluding hydrogens is 373 g/mol. The number of carbonyl (C=O) groups excluding carboxylic acids is 2. The molecule has 2 aromatic carbocycles. The highest BCUT2D eigenvalue weighted by Gasteiger charge is 2.21. The van der Waals surface area contributed by atoms with Crippen molar-refractivity contribution in [2.75, 3.05) is 16.8 Å². The first kappa shape index (κ1) is 18.5. The second kappa shape index (κ2) is 8.05. The van der Waals surface area contributed by atoms with Crippen LogP contribution < -0.4 is 10.2 Å². The van der Waals surface area contributed by atoms with Gasteiger partial charge in [0, 0.05) is 30.4 Å². The first-order chi connectivity index (χ1) is 14.1. The van der Waals surface area contributed by atoms with E-state index in [4.69, 9.17) is 0 Å². The quantitative estimate of drug-likeness (QED) is 0.678. The molecule has 29 heavy (non-hydrogen) atoms. The maximum Gasteiger partial charge on any atom is 0.248 e. The molecule has 1 N–H and O–H groups in total. The van der Waals surface area contributed by atoms with Crippen molar-refractivity contribution in [2.24, 2.45) is 0 Å². The summed E-state index contributed by atoms with van der Waals surface area (Å²) < 4.78 is 15.5. The number of rotatable bonds is 5. The van der Waals surface area contributed by atoms with Gasteiger partial charge in [-0.3, -0.25) is 9.59 Å². The van der Waals surface area contributed by atoms with Crippen LogP contribution in [0, 0.1) is 5.82 Å². The smallest absolute Gasteiger partial charge is 0.248 e. The Morgan fingerprint density at radius 3 is 2.66 bits per heavy atom. The number of hydrogen-bond donors (Lipinski definition) is 1. The molecule has 0 saturated carbocycles. The lowest BCUT2D eigenvalue weighted by atomic mass is 10.2. The topological polar surface area (TPSA) is 80.1 Å². The van der Waals surface area contributed by atoms with E-state index in [1.54, 1.807) is 17.0 Å². The van der Waals surface area contributed by atoms with Crippen LogP contribution in [0.15, 0.2) is 61.2 Å². The average molecular weight is 391 g/mol. The zero-order valence-electron chi connectivity index (χ0n) is 15.5. The molecule has 8 heteroatoms. The van der Waals surface area contributed by atoms with Crippen molar-refractivity contribution in [3.05, 3.63) is 72.6 Å². The van der Waals surface area contributed by atoms with E-state index in [9.17, 15) is 14.0 Å². The average Bonchev–Trinajstić information content (AvgIpc) is 3.39. The molecule has 2 amide bonds. The Morgan fingerprint density at radius 2 is 2.00 bits per heavy atom. The van der Waals surface area contributed by atoms with Gasteiger partial charge < -0.3 is 10.2 Å². The molecule has 0 aliphatic carbocycles. The summed E-state index contributed by atoms with van der Waals surface area (Å²) >= 11 is 0. The van der Waals surface area contributed by atoms with Crippen molar-refractivity contribution in [2.45, 2.75) is 12.8 Å². The van der Waals surface area contributed by atoms with Gasteiger partial charge in [-0.15, -0.1) is 0 Å². The van der Waals surface area contributed by atoms with E-state index >= 15 is 0 Å². The van der Waals surface area contributed by atoms with Gasteiger partial charge in [0.2, 0.25) is 11.8 Å². The van der Waals surface area contributed by atoms with E-state index in [1.165, 1.54) is 35.5 Å². The number of carbonyl (C=O) groups is 2. The molecule has 146 valence electrons. The van der Waals surface area contributed by atoms with Crippen LogP contribution in [0.25, 0.3) is 11.8 Å². The number of nitrogens with zero attached hydrogens (tertiary/aromatic N) is 4. The summed E-state index contributed by atoms with van der Waals surface area (Å²) in [5, 5.41) is 6.51. The van der Waals surface area contributed by atoms with Crippen LogP contribution in [0.2, 0.25) is 0 Å². The zero-order chi connectivity index (χ0) is 20.2. The zero-order valence-corrected chi connectivity index (χ0v) is 15.5. The monoisotopic (exact) mass is 391 g/mol. The molecule has 2 heterocycles. The number of nitrogens with one attached hydrogen (secondary N) is 1. The third-order valence-corrected chi connectivity index (χ3v) is 4.59. The number of anilines is 2. The minimum atomic E-state index is -0.524. The highest BCUT2D eigenvalue weighted by Crippen LogP contribution is 2.22. The largest absolute Gasteiger partial charge is 0.322 e. The summed E-state index contributed by atoms with van der Waals surface area (Å²) in [6.45, 7) is 0.739. The van der Waals surface area contributed by atoms with Gasteiger partial charge in [-0.1, -0.05) is 12.1 Å². The summed E-state index contributed by atoms with van der Waals surface area (Å²) in [4.78, 5) is 29.5. The lowest BCUT2D eigenvalue weighted by Crippen LogP contribution is -2.23.